The molecule has 6 atom stereocenters. The average molecular weight is 1170 g/mol. The van der Waals surface area contributed by atoms with Crippen LogP contribution in [0.25, 0.3) is 9.69 Å². The van der Waals surface area contributed by atoms with Gasteiger partial charge >= 0.3 is 23.5 Å². The van der Waals surface area contributed by atoms with E-state index in [4.69, 9.17) is 31.5 Å². The standard InChI is InChI=1S/2C35H46N2O4Si/c2*1-32(2,3)40-31(39)37-24-16-23-35(37,36-9)25-28-29(38)21-22-30(34(28,7)8)41-42(33(4,5)6,26-17-12-10-13-18-26)27-19-14-11-15-20-27/h2*10-15,17-22,28,30H,16,23-25H2,1-8H3/t28-,30+,35+;28-,30-,35-/m01/s1. The Bertz CT molecular complexity index is 2830. The largest absolute Gasteiger partial charge is 0.444 e. The number of nitrogens with zero attached hydrogens (tertiary/aromatic N) is 4. The van der Waals surface area contributed by atoms with Crippen LogP contribution in [0, 0.1) is 35.8 Å². The highest BCUT2D eigenvalue weighted by Crippen LogP contribution is 2.51. The number of carbonyl (C=O) groups is 4. The van der Waals surface area contributed by atoms with Crippen LogP contribution in [0.4, 0.5) is 9.59 Å². The molecule has 4 aliphatic rings. The fraction of sp³-hybridized carbons (Fsp3) is 0.514. The van der Waals surface area contributed by atoms with Gasteiger partial charge in [-0.25, -0.2) is 32.5 Å². The summed E-state index contributed by atoms with van der Waals surface area (Å²) < 4.78 is 26.4. The van der Waals surface area contributed by atoms with Gasteiger partial charge in [-0.2, -0.15) is 0 Å². The van der Waals surface area contributed by atoms with Crippen molar-refractivity contribution >= 4 is 61.1 Å². The van der Waals surface area contributed by atoms with E-state index in [-0.39, 0.29) is 46.7 Å². The Hall–Kier alpha value is -6.43. The minimum Gasteiger partial charge on any atom is -0.444 e. The van der Waals surface area contributed by atoms with Gasteiger partial charge in [-0.15, -0.1) is 0 Å². The van der Waals surface area contributed by atoms with Crippen LogP contribution < -0.4 is 20.7 Å². The van der Waals surface area contributed by atoms with Gasteiger partial charge in [0.05, 0.1) is 25.0 Å². The van der Waals surface area contributed by atoms with E-state index in [1.165, 1.54) is 20.7 Å². The molecule has 0 unspecified atom stereocenters. The zero-order valence-electron chi connectivity index (χ0n) is 52.9. The van der Waals surface area contributed by atoms with E-state index in [1.54, 1.807) is 22.0 Å². The average Bonchev–Trinajstić information content (AvgIpc) is 0.937. The SMILES string of the molecule is [C-]#[N+][C@]1(C[C@@H]2C(=O)C=C[C@@H](O[Si](c3ccccc3)(c3ccccc3)C(C)(C)C)C2(C)C)CCCN1C(=O)OC(C)(C)C.[C-]#[N+][C@]1(C[C@H]2C(=O)C=C[C@@H](O[Si](c3ccccc3)(c3ccccc3)C(C)(C)C)C2(C)C)CCCN1C(=O)OC(C)(C)C. The number of ketones is 2. The summed E-state index contributed by atoms with van der Waals surface area (Å²) in [5.74, 6) is -1.08. The van der Waals surface area contributed by atoms with Crippen LogP contribution in [0.15, 0.2) is 146 Å². The number of amides is 2. The van der Waals surface area contributed by atoms with Crippen LogP contribution >= 0.6 is 0 Å². The molecule has 2 aliphatic heterocycles. The third kappa shape index (κ3) is 13.0. The zero-order valence-corrected chi connectivity index (χ0v) is 54.9. The lowest BCUT2D eigenvalue weighted by Crippen LogP contribution is -2.69. The first kappa shape index (κ1) is 65.1. The fourth-order valence-electron chi connectivity index (χ4n) is 13.4. The molecule has 2 fully saturated rings. The first-order valence-electron chi connectivity index (χ1n) is 30.0. The van der Waals surface area contributed by atoms with Crippen molar-refractivity contribution in [1.29, 1.82) is 0 Å². The van der Waals surface area contributed by atoms with Crippen molar-refractivity contribution in [3.8, 4) is 0 Å². The molecule has 0 bridgehead atoms. The molecule has 12 nitrogen and oxygen atoms in total. The predicted molar refractivity (Wildman–Crippen MR) is 340 cm³/mol. The minimum atomic E-state index is -2.91. The topological polar surface area (TPSA) is 120 Å². The maximum absolute atomic E-state index is 13.6. The van der Waals surface area contributed by atoms with E-state index in [1.807, 2.05) is 78.0 Å². The van der Waals surface area contributed by atoms with Gasteiger partial charge < -0.3 is 18.3 Å². The van der Waals surface area contributed by atoms with Gasteiger partial charge in [0, 0.05) is 48.6 Å². The van der Waals surface area contributed by atoms with Crippen molar-refractivity contribution in [1.82, 2.24) is 9.80 Å². The van der Waals surface area contributed by atoms with Crippen LogP contribution in [-0.2, 0) is 27.9 Å². The Labute approximate surface area is 504 Å². The summed E-state index contributed by atoms with van der Waals surface area (Å²) in [6.45, 7) is 50.1. The second-order valence-electron chi connectivity index (χ2n) is 28.7. The third-order valence-electron chi connectivity index (χ3n) is 17.9. The maximum Gasteiger partial charge on any atom is 0.416 e. The molecule has 0 radical (unpaired) electrons. The second-order valence-corrected chi connectivity index (χ2v) is 37.2. The number of likely N-dealkylation sites (tertiary alicyclic amines) is 2. The maximum atomic E-state index is 13.6. The van der Waals surface area contributed by atoms with E-state index in [0.29, 0.717) is 38.8 Å². The van der Waals surface area contributed by atoms with Crippen molar-refractivity contribution < 1.29 is 37.5 Å². The smallest absolute Gasteiger partial charge is 0.416 e. The van der Waals surface area contributed by atoms with Crippen molar-refractivity contribution in [3.05, 3.63) is 168 Å². The first-order valence-corrected chi connectivity index (χ1v) is 33.8. The molecule has 0 saturated carbocycles. The fourth-order valence-corrected chi connectivity index (χ4v) is 22.9. The number of allylic oxidation sites excluding steroid dienone is 2. The van der Waals surface area contributed by atoms with Crippen LogP contribution in [0.1, 0.15) is 149 Å². The van der Waals surface area contributed by atoms with Crippen LogP contribution in [0.5, 0.6) is 0 Å². The minimum absolute atomic E-state index is 0.0265. The lowest BCUT2D eigenvalue weighted by molar-refractivity contribution is -0.127. The molecule has 2 saturated heterocycles. The summed E-state index contributed by atoms with van der Waals surface area (Å²) in [4.78, 5) is 65.0. The van der Waals surface area contributed by atoms with Crippen molar-refractivity contribution in [2.75, 3.05) is 13.1 Å². The van der Waals surface area contributed by atoms with Gasteiger partial charge in [0.2, 0.25) is 0 Å². The molecule has 84 heavy (non-hydrogen) atoms. The molecule has 448 valence electrons. The molecule has 8 rings (SSSR count). The van der Waals surface area contributed by atoms with Crippen LogP contribution in [0.2, 0.25) is 10.1 Å². The Balaban J connectivity index is 0.000000241. The molecule has 0 N–H and O–H groups in total. The zero-order chi connectivity index (χ0) is 62.0. The number of hydrogen-bond acceptors (Lipinski definition) is 8. The first-order chi connectivity index (χ1) is 39.1. The molecule has 2 heterocycles. The van der Waals surface area contributed by atoms with Gasteiger partial charge in [-0.1, -0.05) is 203 Å². The molecular formula is C70H92N4O8Si2. The van der Waals surface area contributed by atoms with Crippen molar-refractivity contribution in [2.24, 2.45) is 22.7 Å². The summed E-state index contributed by atoms with van der Waals surface area (Å²) in [7, 11) is -5.83. The Morgan fingerprint density at radius 1 is 0.500 bits per heavy atom. The van der Waals surface area contributed by atoms with Crippen molar-refractivity contribution in [3.63, 3.8) is 0 Å². The summed E-state index contributed by atoms with van der Waals surface area (Å²) in [5, 5.41) is 4.23. The second kappa shape index (κ2) is 24.5. The number of ether oxygens (including phenoxy) is 2. The van der Waals surface area contributed by atoms with E-state index < -0.39 is 74.0 Å². The van der Waals surface area contributed by atoms with E-state index >= 15 is 0 Å². The number of rotatable bonds is 12. The quantitative estimate of drug-likeness (QED) is 0.102. The Morgan fingerprint density at radius 2 is 0.774 bits per heavy atom. The van der Waals surface area contributed by atoms with Gasteiger partial charge in [-0.05, 0) is 97.4 Å². The lowest BCUT2D eigenvalue weighted by Gasteiger charge is -2.50. The van der Waals surface area contributed by atoms with E-state index in [9.17, 15) is 19.2 Å². The molecule has 0 aromatic heterocycles. The van der Waals surface area contributed by atoms with Crippen molar-refractivity contribution in [2.45, 2.75) is 194 Å². The molecule has 14 heteroatoms. The molecule has 2 aliphatic carbocycles. The summed E-state index contributed by atoms with van der Waals surface area (Å²) in [6.07, 6.45) is 8.27. The van der Waals surface area contributed by atoms with Gasteiger partial charge in [0.1, 0.15) is 11.2 Å². The number of carbonyl (C=O) groups excluding carboxylic acids is 4. The predicted octanol–water partition coefficient (Wildman–Crippen LogP) is 13.5. The lowest BCUT2D eigenvalue weighted by atomic mass is 9.66. The molecule has 4 aromatic carbocycles. The number of benzene rings is 4. The van der Waals surface area contributed by atoms with Gasteiger partial charge in [0.15, 0.2) is 11.6 Å². The van der Waals surface area contributed by atoms with Gasteiger partial charge in [-0.3, -0.25) is 19.3 Å². The van der Waals surface area contributed by atoms with Crippen LogP contribution in [-0.4, -0.2) is 98.0 Å². The highest BCUT2D eigenvalue weighted by atomic mass is 28.4. The van der Waals surface area contributed by atoms with Gasteiger partial charge in [0.25, 0.3) is 16.6 Å². The third-order valence-corrected chi connectivity index (χ3v) is 27.9. The van der Waals surface area contributed by atoms with E-state index in [2.05, 4.69) is 176 Å². The highest BCUT2D eigenvalue weighted by Gasteiger charge is 2.62. The Morgan fingerprint density at radius 3 is 1.01 bits per heavy atom. The highest BCUT2D eigenvalue weighted by molar-refractivity contribution is 7.00. The Kier molecular flexibility index (Phi) is 19.0. The molecule has 4 aromatic rings. The summed E-state index contributed by atoms with van der Waals surface area (Å²) in [5.41, 5.74) is -4.90. The number of hydrogen-bond donors (Lipinski definition) is 0. The van der Waals surface area contributed by atoms with E-state index in [0.717, 1.165) is 0 Å². The summed E-state index contributed by atoms with van der Waals surface area (Å²) in [6, 6.07) is 41.9. The molecule has 2 amide bonds. The normalized spacial score (nSPS) is 24.4. The molecule has 0 spiro atoms. The molecular weight excluding hydrogens is 1080 g/mol. The monoisotopic (exact) mass is 1170 g/mol. The summed E-state index contributed by atoms with van der Waals surface area (Å²) >= 11 is 0. The van der Waals surface area contributed by atoms with Crippen LogP contribution in [0.3, 0.4) is 0 Å².